The highest BCUT2D eigenvalue weighted by Crippen LogP contribution is 2.23. The number of carbonyl (C=O) groups excluding carboxylic acids is 2. The van der Waals surface area contributed by atoms with Gasteiger partial charge in [0.2, 0.25) is 0 Å². The van der Waals surface area contributed by atoms with Crippen LogP contribution in [-0.4, -0.2) is 44.2 Å². The maximum absolute atomic E-state index is 12.7. The molecule has 6 nitrogen and oxygen atoms in total. The first-order valence-corrected chi connectivity index (χ1v) is 9.05. The van der Waals surface area contributed by atoms with E-state index in [1.165, 1.54) is 0 Å². The van der Waals surface area contributed by atoms with E-state index in [1.807, 2.05) is 35.2 Å². The van der Waals surface area contributed by atoms with Crippen molar-refractivity contribution in [1.82, 2.24) is 19.4 Å². The lowest BCUT2D eigenvalue weighted by Gasteiger charge is -2.31. The van der Waals surface area contributed by atoms with Crippen molar-refractivity contribution in [1.29, 1.82) is 0 Å². The summed E-state index contributed by atoms with van der Waals surface area (Å²) in [5, 5.41) is 0. The fourth-order valence-corrected chi connectivity index (χ4v) is 3.43. The summed E-state index contributed by atoms with van der Waals surface area (Å²) in [6.45, 7) is 1.18. The average molecular weight is 360 g/mol. The molecule has 136 valence electrons. The third-order valence-electron chi connectivity index (χ3n) is 4.98. The quantitative estimate of drug-likeness (QED) is 0.671. The number of aromatic nitrogens is 3. The van der Waals surface area contributed by atoms with E-state index in [2.05, 4.69) is 9.97 Å². The summed E-state index contributed by atoms with van der Waals surface area (Å²) >= 11 is 0. The second kappa shape index (κ2) is 7.53. The van der Waals surface area contributed by atoms with Gasteiger partial charge >= 0.3 is 0 Å². The summed E-state index contributed by atoms with van der Waals surface area (Å²) in [7, 11) is 0. The number of Topliss-reactive ketones (excluding diaryl/α,β-unsaturated/α-hetero) is 1. The van der Waals surface area contributed by atoms with Crippen molar-refractivity contribution in [2.45, 2.75) is 12.8 Å². The third kappa shape index (κ3) is 3.65. The molecule has 1 fully saturated rings. The molecular formula is C21H20N4O2. The second-order valence-corrected chi connectivity index (χ2v) is 6.67. The van der Waals surface area contributed by atoms with Gasteiger partial charge in [-0.05, 0) is 25.0 Å². The van der Waals surface area contributed by atoms with Crippen LogP contribution in [0.5, 0.6) is 0 Å². The van der Waals surface area contributed by atoms with Gasteiger partial charge in [0.1, 0.15) is 12.1 Å². The Balaban J connectivity index is 1.38. The van der Waals surface area contributed by atoms with Crippen LogP contribution >= 0.6 is 0 Å². The number of imidazole rings is 1. The van der Waals surface area contributed by atoms with Crippen LogP contribution in [0.2, 0.25) is 0 Å². The Labute approximate surface area is 157 Å². The van der Waals surface area contributed by atoms with E-state index in [0.717, 1.165) is 11.4 Å². The topological polar surface area (TPSA) is 68.1 Å². The number of rotatable bonds is 4. The largest absolute Gasteiger partial charge is 0.339 e. The molecule has 0 spiro atoms. The standard InChI is InChI=1S/C21H20N4O2/c26-20(16-4-2-1-3-5-16)17-8-11-24(12-9-17)21(27)18-6-7-19(23-14-18)25-13-10-22-15-25/h1-7,10,13-15,17H,8-9,11-12H2. The molecule has 4 rings (SSSR count). The molecular weight excluding hydrogens is 340 g/mol. The smallest absolute Gasteiger partial charge is 0.255 e. The molecule has 3 aromatic rings. The van der Waals surface area contributed by atoms with Crippen LogP contribution in [0.25, 0.3) is 5.82 Å². The molecule has 1 amide bonds. The highest BCUT2D eigenvalue weighted by molar-refractivity contribution is 5.98. The Hall–Kier alpha value is -3.28. The van der Waals surface area contributed by atoms with Crippen molar-refractivity contribution in [3.05, 3.63) is 78.5 Å². The highest BCUT2D eigenvalue weighted by atomic mass is 16.2. The number of carbonyl (C=O) groups is 2. The molecule has 1 aliphatic heterocycles. The number of pyridine rings is 1. The van der Waals surface area contributed by atoms with Crippen molar-refractivity contribution in [2.75, 3.05) is 13.1 Å². The molecule has 2 aromatic heterocycles. The normalized spacial score (nSPS) is 14.9. The fraction of sp³-hybridized carbons (Fsp3) is 0.238. The van der Waals surface area contributed by atoms with Gasteiger partial charge in [0.05, 0.1) is 5.56 Å². The predicted molar refractivity (Wildman–Crippen MR) is 101 cm³/mol. The third-order valence-corrected chi connectivity index (χ3v) is 4.98. The van der Waals surface area contributed by atoms with Gasteiger partial charge in [0.15, 0.2) is 5.78 Å². The Morgan fingerprint density at radius 3 is 2.37 bits per heavy atom. The SMILES string of the molecule is O=C(c1ccccc1)C1CCN(C(=O)c2ccc(-n3ccnc3)nc2)CC1. The molecule has 0 atom stereocenters. The summed E-state index contributed by atoms with van der Waals surface area (Å²) in [6, 6.07) is 13.0. The first kappa shape index (κ1) is 17.1. The van der Waals surface area contributed by atoms with E-state index >= 15 is 0 Å². The lowest BCUT2D eigenvalue weighted by atomic mass is 9.89. The Bertz CT molecular complexity index is 913. The Morgan fingerprint density at radius 2 is 1.74 bits per heavy atom. The zero-order valence-electron chi connectivity index (χ0n) is 14.9. The number of piperidine rings is 1. The lowest BCUT2D eigenvalue weighted by Crippen LogP contribution is -2.40. The number of benzene rings is 1. The van der Waals surface area contributed by atoms with Gasteiger partial charge in [-0.25, -0.2) is 9.97 Å². The van der Waals surface area contributed by atoms with E-state index in [-0.39, 0.29) is 17.6 Å². The molecule has 0 unspecified atom stereocenters. The average Bonchev–Trinajstić information content (AvgIpc) is 3.28. The van der Waals surface area contributed by atoms with E-state index in [9.17, 15) is 9.59 Å². The summed E-state index contributed by atoms with van der Waals surface area (Å²) in [6.07, 6.45) is 8.14. The molecule has 27 heavy (non-hydrogen) atoms. The van der Waals surface area contributed by atoms with Crippen LogP contribution in [0.3, 0.4) is 0 Å². The molecule has 0 aliphatic carbocycles. The number of amides is 1. The summed E-state index contributed by atoms with van der Waals surface area (Å²) in [4.78, 5) is 35.4. The molecule has 1 saturated heterocycles. The van der Waals surface area contributed by atoms with Crippen molar-refractivity contribution in [3.63, 3.8) is 0 Å². The van der Waals surface area contributed by atoms with Crippen LogP contribution in [0.15, 0.2) is 67.4 Å². The zero-order chi connectivity index (χ0) is 18.6. The van der Waals surface area contributed by atoms with Crippen LogP contribution in [-0.2, 0) is 0 Å². The van der Waals surface area contributed by atoms with Crippen molar-refractivity contribution in [3.8, 4) is 5.82 Å². The maximum atomic E-state index is 12.7. The van der Waals surface area contributed by atoms with Gasteiger partial charge < -0.3 is 4.90 Å². The monoisotopic (exact) mass is 360 g/mol. The maximum Gasteiger partial charge on any atom is 0.255 e. The number of nitrogens with zero attached hydrogens (tertiary/aromatic N) is 4. The minimum absolute atomic E-state index is 0.0156. The number of likely N-dealkylation sites (tertiary alicyclic amines) is 1. The number of hydrogen-bond acceptors (Lipinski definition) is 4. The zero-order valence-corrected chi connectivity index (χ0v) is 14.9. The van der Waals surface area contributed by atoms with Gasteiger partial charge in [-0.1, -0.05) is 30.3 Å². The van der Waals surface area contributed by atoms with Crippen molar-refractivity contribution >= 4 is 11.7 Å². The Kier molecular flexibility index (Phi) is 4.78. The molecule has 0 bridgehead atoms. The molecule has 0 radical (unpaired) electrons. The highest BCUT2D eigenvalue weighted by Gasteiger charge is 2.28. The molecule has 0 N–H and O–H groups in total. The first-order valence-electron chi connectivity index (χ1n) is 9.05. The van der Waals surface area contributed by atoms with Gasteiger partial charge in [0.25, 0.3) is 5.91 Å². The second-order valence-electron chi connectivity index (χ2n) is 6.67. The van der Waals surface area contributed by atoms with E-state index < -0.39 is 0 Å². The number of hydrogen-bond donors (Lipinski definition) is 0. The Morgan fingerprint density at radius 1 is 0.963 bits per heavy atom. The van der Waals surface area contributed by atoms with Crippen LogP contribution in [0.4, 0.5) is 0 Å². The number of ketones is 1. The summed E-state index contributed by atoms with van der Waals surface area (Å²) in [5.41, 5.74) is 1.31. The minimum atomic E-state index is -0.0368. The molecule has 1 aliphatic rings. The fourth-order valence-electron chi connectivity index (χ4n) is 3.43. The van der Waals surface area contributed by atoms with Crippen LogP contribution in [0, 0.1) is 5.92 Å². The predicted octanol–water partition coefficient (Wildman–Crippen LogP) is 3.00. The molecule has 0 saturated carbocycles. The molecule has 6 heteroatoms. The van der Waals surface area contributed by atoms with Crippen LogP contribution in [0.1, 0.15) is 33.6 Å². The first-order chi connectivity index (χ1) is 13.2. The lowest BCUT2D eigenvalue weighted by molar-refractivity contribution is 0.0650. The van der Waals surface area contributed by atoms with Gasteiger partial charge in [0, 0.05) is 43.2 Å². The van der Waals surface area contributed by atoms with Gasteiger partial charge in [-0.2, -0.15) is 0 Å². The van der Waals surface area contributed by atoms with Crippen molar-refractivity contribution < 1.29 is 9.59 Å². The van der Waals surface area contributed by atoms with E-state index in [1.54, 1.807) is 41.6 Å². The minimum Gasteiger partial charge on any atom is -0.339 e. The van der Waals surface area contributed by atoms with Gasteiger partial charge in [-0.3, -0.25) is 14.2 Å². The summed E-state index contributed by atoms with van der Waals surface area (Å²) in [5.74, 6) is 0.841. The molecule has 3 heterocycles. The summed E-state index contributed by atoms with van der Waals surface area (Å²) < 4.78 is 1.79. The van der Waals surface area contributed by atoms with E-state index in [0.29, 0.717) is 31.5 Å². The van der Waals surface area contributed by atoms with Gasteiger partial charge in [-0.15, -0.1) is 0 Å². The van der Waals surface area contributed by atoms with Crippen LogP contribution < -0.4 is 0 Å². The van der Waals surface area contributed by atoms with Crippen molar-refractivity contribution in [2.24, 2.45) is 5.92 Å². The molecule has 1 aromatic carbocycles. The van der Waals surface area contributed by atoms with E-state index in [4.69, 9.17) is 0 Å².